The van der Waals surface area contributed by atoms with Gasteiger partial charge in [0.1, 0.15) is 0 Å². The molecule has 1 unspecified atom stereocenters. The average molecular weight is 298 g/mol. The lowest BCUT2D eigenvalue weighted by Crippen LogP contribution is -2.49. The molecule has 0 aromatic carbocycles. The van der Waals surface area contributed by atoms with Crippen LogP contribution < -0.4 is 5.32 Å². The van der Waals surface area contributed by atoms with Crippen molar-refractivity contribution < 1.29 is 9.84 Å². The Balaban J connectivity index is 1.87. The summed E-state index contributed by atoms with van der Waals surface area (Å²) in [5.74, 6) is 0.698. The van der Waals surface area contributed by atoms with Crippen molar-refractivity contribution in [1.82, 2.24) is 10.2 Å². The maximum absolute atomic E-state index is 9.18. The summed E-state index contributed by atoms with van der Waals surface area (Å²) in [7, 11) is 0. The number of aliphatic hydroxyl groups is 1. The first-order valence-corrected chi connectivity index (χ1v) is 8.90. The van der Waals surface area contributed by atoms with Gasteiger partial charge >= 0.3 is 0 Å². The first-order chi connectivity index (χ1) is 10.3. The highest BCUT2D eigenvalue weighted by atomic mass is 16.5. The number of hydrogen-bond donors (Lipinski definition) is 2. The largest absolute Gasteiger partial charge is 0.396 e. The van der Waals surface area contributed by atoms with Crippen LogP contribution in [0.15, 0.2) is 0 Å². The quantitative estimate of drug-likeness (QED) is 0.672. The lowest BCUT2D eigenvalue weighted by Gasteiger charge is -2.43. The number of nitrogens with zero attached hydrogens (tertiary/aromatic N) is 1. The number of likely N-dealkylation sites (tertiary alicyclic amines) is 1. The minimum atomic E-state index is 0.343. The molecule has 4 nitrogen and oxygen atoms in total. The van der Waals surface area contributed by atoms with Gasteiger partial charge in [-0.2, -0.15) is 0 Å². The highest BCUT2D eigenvalue weighted by molar-refractivity contribution is 4.88. The molecule has 2 aliphatic rings. The van der Waals surface area contributed by atoms with E-state index in [0.717, 1.165) is 32.7 Å². The van der Waals surface area contributed by atoms with E-state index >= 15 is 0 Å². The maximum Gasteiger partial charge on any atom is 0.0472 e. The smallest absolute Gasteiger partial charge is 0.0472 e. The summed E-state index contributed by atoms with van der Waals surface area (Å²) in [6, 6.07) is 0. The molecule has 0 aromatic heterocycles. The lowest BCUT2D eigenvalue weighted by atomic mass is 9.78. The molecule has 0 aromatic rings. The molecule has 4 heteroatoms. The molecule has 2 saturated heterocycles. The average Bonchev–Trinajstić information content (AvgIpc) is 2.49. The number of piperidine rings is 1. The van der Waals surface area contributed by atoms with Crippen molar-refractivity contribution >= 4 is 0 Å². The summed E-state index contributed by atoms with van der Waals surface area (Å²) in [6.45, 7) is 10.3. The van der Waals surface area contributed by atoms with Crippen molar-refractivity contribution in [1.29, 1.82) is 0 Å². The van der Waals surface area contributed by atoms with E-state index in [9.17, 15) is 5.11 Å². The predicted molar refractivity (Wildman–Crippen MR) is 86.5 cm³/mol. The van der Waals surface area contributed by atoms with E-state index in [4.69, 9.17) is 4.74 Å². The summed E-state index contributed by atoms with van der Waals surface area (Å²) in [6.07, 6.45) is 7.13. The second-order valence-electron chi connectivity index (χ2n) is 7.04. The first kappa shape index (κ1) is 17.2. The van der Waals surface area contributed by atoms with Gasteiger partial charge in [-0.25, -0.2) is 0 Å². The monoisotopic (exact) mass is 298 g/mol. The van der Waals surface area contributed by atoms with Crippen molar-refractivity contribution in [3.63, 3.8) is 0 Å². The van der Waals surface area contributed by atoms with Gasteiger partial charge in [0.05, 0.1) is 0 Å². The Hall–Kier alpha value is -0.160. The molecule has 0 amide bonds. The van der Waals surface area contributed by atoms with E-state index in [-0.39, 0.29) is 0 Å². The van der Waals surface area contributed by atoms with Crippen molar-refractivity contribution in [3.8, 4) is 0 Å². The molecular weight excluding hydrogens is 264 g/mol. The standard InChI is InChI=1S/C17H34N2O2/c1-2-8-18-14-17(6-11-21-12-7-17)15-19-9-3-4-16(13-19)5-10-20/h16,18,20H,2-15H2,1H3. The zero-order valence-corrected chi connectivity index (χ0v) is 13.8. The summed E-state index contributed by atoms with van der Waals surface area (Å²) in [5.41, 5.74) is 0.397. The topological polar surface area (TPSA) is 44.7 Å². The van der Waals surface area contributed by atoms with Crippen LogP contribution in [0, 0.1) is 11.3 Å². The number of rotatable bonds is 8. The van der Waals surface area contributed by atoms with Gasteiger partial charge in [-0.1, -0.05) is 6.92 Å². The van der Waals surface area contributed by atoms with E-state index < -0.39 is 0 Å². The second-order valence-corrected chi connectivity index (χ2v) is 7.04. The number of hydrogen-bond acceptors (Lipinski definition) is 4. The third-order valence-corrected chi connectivity index (χ3v) is 5.18. The zero-order valence-electron chi connectivity index (χ0n) is 13.8. The number of nitrogens with one attached hydrogen (secondary N) is 1. The Bertz CT molecular complexity index is 278. The molecule has 1 atom stereocenters. The van der Waals surface area contributed by atoms with E-state index in [1.807, 2.05) is 0 Å². The summed E-state index contributed by atoms with van der Waals surface area (Å²) >= 11 is 0. The summed E-state index contributed by atoms with van der Waals surface area (Å²) in [4.78, 5) is 2.66. The van der Waals surface area contributed by atoms with Crippen LogP contribution in [0.1, 0.15) is 45.4 Å². The highest BCUT2D eigenvalue weighted by Crippen LogP contribution is 2.32. The maximum atomic E-state index is 9.18. The molecule has 2 rings (SSSR count). The molecule has 2 aliphatic heterocycles. The van der Waals surface area contributed by atoms with E-state index in [0.29, 0.717) is 17.9 Å². The van der Waals surface area contributed by atoms with Crippen LogP contribution in [-0.2, 0) is 4.74 Å². The number of aliphatic hydroxyl groups excluding tert-OH is 1. The van der Waals surface area contributed by atoms with E-state index in [2.05, 4.69) is 17.1 Å². The Kier molecular flexibility index (Phi) is 7.44. The van der Waals surface area contributed by atoms with Gasteiger partial charge in [0.2, 0.25) is 0 Å². The van der Waals surface area contributed by atoms with Crippen LogP contribution in [0.5, 0.6) is 0 Å². The number of ether oxygens (including phenoxy) is 1. The second kappa shape index (κ2) is 9.09. The van der Waals surface area contributed by atoms with Crippen LogP contribution in [0.25, 0.3) is 0 Å². The fourth-order valence-corrected chi connectivity index (χ4v) is 3.91. The molecule has 21 heavy (non-hydrogen) atoms. The van der Waals surface area contributed by atoms with E-state index in [1.165, 1.54) is 51.7 Å². The summed E-state index contributed by atoms with van der Waals surface area (Å²) in [5, 5.41) is 12.8. The zero-order chi connectivity index (χ0) is 15.0. The molecule has 2 fully saturated rings. The van der Waals surface area contributed by atoms with E-state index in [1.54, 1.807) is 0 Å². The fraction of sp³-hybridized carbons (Fsp3) is 1.00. The van der Waals surface area contributed by atoms with Crippen molar-refractivity contribution in [3.05, 3.63) is 0 Å². The molecule has 124 valence electrons. The lowest BCUT2D eigenvalue weighted by molar-refractivity contribution is -0.0118. The molecule has 0 radical (unpaired) electrons. The third kappa shape index (κ3) is 5.51. The molecule has 0 saturated carbocycles. The van der Waals surface area contributed by atoms with Gasteiger partial charge in [-0.05, 0) is 62.9 Å². The fourth-order valence-electron chi connectivity index (χ4n) is 3.91. The van der Waals surface area contributed by atoms with Crippen molar-refractivity contribution in [2.24, 2.45) is 11.3 Å². The molecule has 0 aliphatic carbocycles. The van der Waals surface area contributed by atoms with Gasteiger partial charge < -0.3 is 20.1 Å². The molecule has 0 spiro atoms. The minimum absolute atomic E-state index is 0.343. The third-order valence-electron chi connectivity index (χ3n) is 5.18. The Labute approximate surface area is 130 Å². The Morgan fingerprint density at radius 3 is 2.86 bits per heavy atom. The molecular formula is C17H34N2O2. The molecule has 2 heterocycles. The van der Waals surface area contributed by atoms with Gasteiger partial charge in [0.25, 0.3) is 0 Å². The normalized spacial score (nSPS) is 26.9. The first-order valence-electron chi connectivity index (χ1n) is 8.90. The molecule has 2 N–H and O–H groups in total. The van der Waals surface area contributed by atoms with Crippen LogP contribution in [0.3, 0.4) is 0 Å². The molecule has 0 bridgehead atoms. The van der Waals surface area contributed by atoms with Crippen LogP contribution in [0.2, 0.25) is 0 Å². The van der Waals surface area contributed by atoms with Crippen molar-refractivity contribution in [2.75, 3.05) is 52.5 Å². The predicted octanol–water partition coefficient (Wildman–Crippen LogP) is 1.88. The van der Waals surface area contributed by atoms with Crippen LogP contribution in [-0.4, -0.2) is 62.6 Å². The van der Waals surface area contributed by atoms with Gasteiger partial charge in [0, 0.05) is 39.5 Å². The van der Waals surface area contributed by atoms with Crippen molar-refractivity contribution in [2.45, 2.75) is 45.4 Å². The van der Waals surface area contributed by atoms with Gasteiger partial charge in [0.15, 0.2) is 0 Å². The van der Waals surface area contributed by atoms with Crippen LogP contribution in [0.4, 0.5) is 0 Å². The summed E-state index contributed by atoms with van der Waals surface area (Å²) < 4.78 is 5.60. The minimum Gasteiger partial charge on any atom is -0.396 e. The Morgan fingerprint density at radius 1 is 1.33 bits per heavy atom. The SMILES string of the molecule is CCCNCC1(CN2CCCC(CCO)C2)CCOCC1. The highest BCUT2D eigenvalue weighted by Gasteiger charge is 2.35. The van der Waals surface area contributed by atoms with Crippen LogP contribution >= 0.6 is 0 Å². The Morgan fingerprint density at radius 2 is 2.14 bits per heavy atom. The van der Waals surface area contributed by atoms with Gasteiger partial charge in [-0.3, -0.25) is 0 Å². The van der Waals surface area contributed by atoms with Gasteiger partial charge in [-0.15, -0.1) is 0 Å².